The zero-order valence-electron chi connectivity index (χ0n) is 17.8. The predicted octanol–water partition coefficient (Wildman–Crippen LogP) is 4.16. The highest BCUT2D eigenvalue weighted by Crippen LogP contribution is 2.33. The largest absolute Gasteiger partial charge is 0.492 e. The number of carboxylic acid groups (broad SMARTS) is 1. The molecule has 3 rings (SSSR count). The van der Waals surface area contributed by atoms with Gasteiger partial charge >= 0.3 is 5.97 Å². The molecule has 0 aliphatic heterocycles. The molecular weight excluding hydrogens is 366 g/mol. The van der Waals surface area contributed by atoms with Crippen molar-refractivity contribution in [1.29, 1.82) is 0 Å². The minimum atomic E-state index is -0.946. The van der Waals surface area contributed by atoms with Crippen LogP contribution in [0.5, 0.6) is 5.75 Å². The normalized spacial score (nSPS) is 11.6. The van der Waals surface area contributed by atoms with Crippen LogP contribution in [0, 0.1) is 6.92 Å². The topological polar surface area (TPSA) is 67.6 Å². The summed E-state index contributed by atoms with van der Waals surface area (Å²) in [4.78, 5) is 18.6. The molecule has 0 saturated heterocycles. The summed E-state index contributed by atoms with van der Waals surface area (Å²) in [7, 11) is 4.01. The van der Waals surface area contributed by atoms with E-state index in [1.165, 1.54) is 0 Å². The minimum Gasteiger partial charge on any atom is -0.492 e. The molecular formula is C23H29N3O3. The summed E-state index contributed by atoms with van der Waals surface area (Å²) >= 11 is 0. The zero-order chi connectivity index (χ0) is 21.1. The molecule has 1 aromatic carbocycles. The van der Waals surface area contributed by atoms with Crippen molar-refractivity contribution in [3.63, 3.8) is 0 Å². The average molecular weight is 396 g/mol. The maximum Gasteiger partial charge on any atom is 0.352 e. The lowest BCUT2D eigenvalue weighted by Gasteiger charge is -2.16. The highest BCUT2D eigenvalue weighted by atomic mass is 16.5. The molecule has 0 unspecified atom stereocenters. The first-order chi connectivity index (χ1) is 13.8. The monoisotopic (exact) mass is 395 g/mol. The van der Waals surface area contributed by atoms with Crippen molar-refractivity contribution >= 4 is 16.9 Å². The number of rotatable bonds is 8. The van der Waals surface area contributed by atoms with Crippen LogP contribution in [-0.4, -0.2) is 52.8 Å². The Hall–Kier alpha value is -2.86. The summed E-state index contributed by atoms with van der Waals surface area (Å²) in [6, 6.07) is 11.5. The van der Waals surface area contributed by atoms with E-state index in [1.807, 2.05) is 55.9 Å². The molecule has 0 fully saturated rings. The first-order valence-electron chi connectivity index (χ1n) is 9.86. The smallest absolute Gasteiger partial charge is 0.352 e. The third kappa shape index (κ3) is 4.77. The van der Waals surface area contributed by atoms with Crippen molar-refractivity contribution in [2.75, 3.05) is 27.2 Å². The fourth-order valence-electron chi connectivity index (χ4n) is 3.48. The number of aromatic nitrogens is 2. The van der Waals surface area contributed by atoms with Crippen LogP contribution in [0.2, 0.25) is 0 Å². The van der Waals surface area contributed by atoms with Crippen LogP contribution >= 0.6 is 0 Å². The molecule has 0 amide bonds. The fraction of sp³-hybridized carbons (Fsp3) is 0.391. The van der Waals surface area contributed by atoms with Crippen LogP contribution in [0.4, 0.5) is 0 Å². The molecule has 0 atom stereocenters. The summed E-state index contributed by atoms with van der Waals surface area (Å²) in [6.45, 7) is 7.97. The molecule has 29 heavy (non-hydrogen) atoms. The van der Waals surface area contributed by atoms with Crippen molar-refractivity contribution in [3.8, 4) is 5.75 Å². The van der Waals surface area contributed by atoms with Gasteiger partial charge in [0.05, 0.1) is 17.8 Å². The molecule has 0 aliphatic carbocycles. The van der Waals surface area contributed by atoms with Gasteiger partial charge in [0.1, 0.15) is 18.1 Å². The van der Waals surface area contributed by atoms with E-state index in [0.717, 1.165) is 40.1 Å². The van der Waals surface area contributed by atoms with Gasteiger partial charge in [-0.3, -0.25) is 4.98 Å². The van der Waals surface area contributed by atoms with Crippen LogP contribution in [0.15, 0.2) is 36.4 Å². The highest BCUT2D eigenvalue weighted by Gasteiger charge is 2.20. The van der Waals surface area contributed by atoms with Gasteiger partial charge in [-0.1, -0.05) is 19.9 Å². The molecule has 0 saturated carbocycles. The number of carbonyl (C=O) groups is 1. The highest BCUT2D eigenvalue weighted by molar-refractivity contribution is 5.96. The van der Waals surface area contributed by atoms with E-state index in [-0.39, 0.29) is 11.6 Å². The fourth-order valence-corrected chi connectivity index (χ4v) is 3.48. The lowest BCUT2D eigenvalue weighted by atomic mass is 10.00. The SMILES string of the molecule is Cc1cccc(Cn2c(C(=O)O)cc3cc(OCCN(C)C)cc(C(C)C)c32)n1. The number of hydrogen-bond acceptors (Lipinski definition) is 4. The van der Waals surface area contributed by atoms with E-state index in [0.29, 0.717) is 13.2 Å². The Kier molecular flexibility index (Phi) is 6.23. The number of likely N-dealkylation sites (N-methyl/N-ethyl adjacent to an activating group) is 1. The Labute approximate surface area is 171 Å². The average Bonchev–Trinajstić information content (AvgIpc) is 2.99. The Morgan fingerprint density at radius 1 is 1.24 bits per heavy atom. The van der Waals surface area contributed by atoms with Crippen LogP contribution in [-0.2, 0) is 6.54 Å². The molecule has 0 aliphatic rings. The van der Waals surface area contributed by atoms with Gasteiger partial charge in [0.25, 0.3) is 0 Å². The third-order valence-corrected chi connectivity index (χ3v) is 4.91. The first kappa shape index (κ1) is 20.9. The van der Waals surface area contributed by atoms with Gasteiger partial charge in [0.2, 0.25) is 0 Å². The molecule has 2 aromatic heterocycles. The Morgan fingerprint density at radius 2 is 2.00 bits per heavy atom. The van der Waals surface area contributed by atoms with Crippen LogP contribution in [0.3, 0.4) is 0 Å². The number of nitrogens with zero attached hydrogens (tertiary/aromatic N) is 3. The van der Waals surface area contributed by atoms with E-state index in [9.17, 15) is 9.90 Å². The summed E-state index contributed by atoms with van der Waals surface area (Å²) in [6.07, 6.45) is 0. The lowest BCUT2D eigenvalue weighted by Crippen LogP contribution is -2.19. The quantitative estimate of drug-likeness (QED) is 0.620. The third-order valence-electron chi connectivity index (χ3n) is 4.91. The van der Waals surface area contributed by atoms with E-state index >= 15 is 0 Å². The number of ether oxygens (including phenoxy) is 1. The molecule has 0 radical (unpaired) electrons. The summed E-state index contributed by atoms with van der Waals surface area (Å²) in [5.74, 6) is 0.0418. The van der Waals surface area contributed by atoms with Crippen molar-refractivity contribution in [1.82, 2.24) is 14.5 Å². The number of aromatic carboxylic acids is 1. The molecule has 154 valence electrons. The van der Waals surface area contributed by atoms with Crippen LogP contribution < -0.4 is 4.74 Å². The maximum atomic E-state index is 12.0. The van der Waals surface area contributed by atoms with Crippen LogP contribution in [0.1, 0.15) is 47.2 Å². The van der Waals surface area contributed by atoms with Gasteiger partial charge in [0, 0.05) is 17.6 Å². The maximum absolute atomic E-state index is 12.0. The Bertz CT molecular complexity index is 1020. The van der Waals surface area contributed by atoms with Gasteiger partial charge in [-0.05, 0) is 62.8 Å². The van der Waals surface area contributed by atoms with Crippen molar-refractivity contribution in [3.05, 3.63) is 59.0 Å². The predicted molar refractivity (Wildman–Crippen MR) is 115 cm³/mol. The van der Waals surface area contributed by atoms with Gasteiger partial charge in [-0.15, -0.1) is 0 Å². The van der Waals surface area contributed by atoms with Crippen molar-refractivity contribution < 1.29 is 14.6 Å². The standard InChI is InChI=1S/C23H29N3O3/c1-15(2)20-13-19(29-10-9-25(4)5)11-17-12-21(23(27)28)26(22(17)20)14-18-8-6-7-16(3)24-18/h6-8,11-13,15H,9-10,14H2,1-5H3,(H,27,28). The van der Waals surface area contributed by atoms with E-state index in [1.54, 1.807) is 6.07 Å². The minimum absolute atomic E-state index is 0.218. The summed E-state index contributed by atoms with van der Waals surface area (Å²) < 4.78 is 7.81. The second kappa shape index (κ2) is 8.66. The Balaban J connectivity index is 2.11. The second-order valence-corrected chi connectivity index (χ2v) is 7.95. The second-order valence-electron chi connectivity index (χ2n) is 7.95. The first-order valence-corrected chi connectivity index (χ1v) is 9.86. The molecule has 0 spiro atoms. The molecule has 0 bridgehead atoms. The summed E-state index contributed by atoms with van der Waals surface area (Å²) in [5, 5.41) is 10.7. The number of benzene rings is 1. The number of fused-ring (bicyclic) bond motifs is 1. The van der Waals surface area contributed by atoms with Gasteiger partial charge in [-0.25, -0.2) is 4.79 Å². The van der Waals surface area contributed by atoms with E-state index in [4.69, 9.17) is 4.74 Å². The van der Waals surface area contributed by atoms with Gasteiger partial charge in [-0.2, -0.15) is 0 Å². The van der Waals surface area contributed by atoms with E-state index < -0.39 is 5.97 Å². The van der Waals surface area contributed by atoms with Crippen LogP contribution in [0.25, 0.3) is 10.9 Å². The molecule has 2 heterocycles. The molecule has 3 aromatic rings. The van der Waals surface area contributed by atoms with Crippen molar-refractivity contribution in [2.45, 2.75) is 33.2 Å². The summed E-state index contributed by atoms with van der Waals surface area (Å²) in [5.41, 5.74) is 4.02. The zero-order valence-corrected chi connectivity index (χ0v) is 17.8. The number of pyridine rings is 1. The number of hydrogen-bond donors (Lipinski definition) is 1. The van der Waals surface area contributed by atoms with E-state index in [2.05, 4.69) is 23.7 Å². The molecule has 6 nitrogen and oxygen atoms in total. The van der Waals surface area contributed by atoms with Gasteiger partial charge < -0.3 is 19.3 Å². The molecule has 1 N–H and O–H groups in total. The van der Waals surface area contributed by atoms with Crippen molar-refractivity contribution in [2.24, 2.45) is 0 Å². The number of aryl methyl sites for hydroxylation is 1. The van der Waals surface area contributed by atoms with Gasteiger partial charge in [0.15, 0.2) is 0 Å². The number of carboxylic acids is 1. The molecule has 6 heteroatoms. The lowest BCUT2D eigenvalue weighted by molar-refractivity contribution is 0.0686. The Morgan fingerprint density at radius 3 is 2.62 bits per heavy atom.